The number of halogens is 1. The van der Waals surface area contributed by atoms with Crippen molar-refractivity contribution in [2.75, 3.05) is 10.6 Å². The van der Waals surface area contributed by atoms with E-state index in [-0.39, 0.29) is 0 Å². The van der Waals surface area contributed by atoms with Crippen molar-refractivity contribution in [2.45, 2.75) is 75.4 Å². The van der Waals surface area contributed by atoms with E-state index in [1.54, 1.807) is 51.3 Å². The first-order valence-corrected chi connectivity index (χ1v) is 18.7. The molecule has 0 saturated heterocycles. The number of aromatic nitrogens is 2. The molecule has 248 valence electrons. The van der Waals surface area contributed by atoms with Crippen LogP contribution < -0.4 is 10.6 Å². The van der Waals surface area contributed by atoms with E-state index in [1.165, 1.54) is 39.0 Å². The lowest BCUT2D eigenvalue weighted by Gasteiger charge is -2.25. The van der Waals surface area contributed by atoms with Gasteiger partial charge in [0.2, 0.25) is 11.8 Å². The van der Waals surface area contributed by atoms with Gasteiger partial charge in [-0.05, 0) is 85.7 Å². The molecule has 0 radical (unpaired) electrons. The third-order valence-corrected chi connectivity index (χ3v) is 14.2. The summed E-state index contributed by atoms with van der Waals surface area (Å²) in [7, 11) is -7.17. The Morgan fingerprint density at radius 1 is 0.739 bits per heavy atom. The van der Waals surface area contributed by atoms with Crippen molar-refractivity contribution in [1.29, 1.82) is 0 Å². The van der Waals surface area contributed by atoms with Crippen molar-refractivity contribution >= 4 is 76.3 Å². The number of rotatable bonds is 9. The van der Waals surface area contributed by atoms with Crippen LogP contribution in [0.15, 0.2) is 66.0 Å². The van der Waals surface area contributed by atoms with E-state index in [4.69, 9.17) is 11.6 Å². The van der Waals surface area contributed by atoms with Crippen molar-refractivity contribution in [3.8, 4) is 11.3 Å². The Morgan fingerprint density at radius 2 is 1.26 bits per heavy atom. The molecule has 0 unspecified atom stereocenters. The number of benzene rings is 2. The number of anilines is 2. The molecule has 0 aliphatic carbocycles. The number of thiazole rings is 1. The maximum absolute atomic E-state index is 12.4. The van der Waals surface area contributed by atoms with Gasteiger partial charge in [0.15, 0.2) is 24.8 Å². The molecular weight excluding hydrogens is 668 g/mol. The largest absolute Gasteiger partial charge is 0.309 e. The summed E-state index contributed by atoms with van der Waals surface area (Å²) in [5, 5.41) is 7.68. The Kier molecular flexibility index (Phi) is 11.4. The monoisotopic (exact) mass is 706 g/mol. The normalized spacial score (nSPS) is 12.5. The van der Waals surface area contributed by atoms with Crippen LogP contribution >= 0.6 is 22.9 Å². The molecule has 2 aromatic carbocycles. The summed E-state index contributed by atoms with van der Waals surface area (Å²) in [6, 6.07) is 18.2. The Labute approximate surface area is 279 Å². The van der Waals surface area contributed by atoms with Crippen LogP contribution in [0.3, 0.4) is 0 Å². The predicted octanol–water partition coefficient (Wildman–Crippen LogP) is 6.78. The maximum atomic E-state index is 12.4. The van der Waals surface area contributed by atoms with Gasteiger partial charge < -0.3 is 10.6 Å². The van der Waals surface area contributed by atoms with E-state index < -0.39 is 51.5 Å². The number of sulfone groups is 2. The molecule has 4 rings (SSSR count). The number of amides is 2. The maximum Gasteiger partial charge on any atom is 0.247 e. The number of fused-ring (bicyclic) bond motifs is 1. The number of para-hydroxylation sites is 1. The lowest BCUT2D eigenvalue weighted by atomic mass is 10.2. The van der Waals surface area contributed by atoms with Crippen LogP contribution in [-0.4, -0.2) is 58.6 Å². The highest BCUT2D eigenvalue weighted by molar-refractivity contribution is 7.94. The molecule has 4 aromatic rings. The van der Waals surface area contributed by atoms with Gasteiger partial charge in [0.05, 0.1) is 21.7 Å². The molecule has 0 spiro atoms. The molecule has 0 aliphatic rings. The number of hydrogen-bond acceptors (Lipinski definition) is 9. The molecule has 0 aliphatic heterocycles. The standard InChI is InChI=1S/C16H19ClN2O3S2.C16H20N2O3S/c1-10(2)24(21,22)16(3,4)14(20)19-15-18-13(9-23-15)11-5-7-12(17)8-6-11;1-11(2)22(20,21)16(3,4)15(19)18-14-10-9-12-7-5-6-8-13(12)17-14/h5-10H,1-4H3,(H,18,19,20);5-11H,1-4H3,(H,17,18,19). The summed E-state index contributed by atoms with van der Waals surface area (Å²) in [6.45, 7) is 11.9. The Balaban J connectivity index is 0.000000251. The molecule has 2 amide bonds. The molecular formula is C32H39ClN4O6S3. The number of hydrogen-bond donors (Lipinski definition) is 2. The molecule has 14 heteroatoms. The van der Waals surface area contributed by atoms with E-state index in [0.29, 0.717) is 21.7 Å². The van der Waals surface area contributed by atoms with Gasteiger partial charge in [-0.25, -0.2) is 26.8 Å². The van der Waals surface area contributed by atoms with Crippen LogP contribution in [0, 0.1) is 0 Å². The quantitative estimate of drug-likeness (QED) is 0.193. The van der Waals surface area contributed by atoms with Gasteiger partial charge in [0.1, 0.15) is 15.3 Å². The minimum Gasteiger partial charge on any atom is -0.309 e. The van der Waals surface area contributed by atoms with Crippen molar-refractivity contribution in [1.82, 2.24) is 9.97 Å². The van der Waals surface area contributed by atoms with Gasteiger partial charge in [-0.2, -0.15) is 0 Å². The molecule has 0 atom stereocenters. The lowest BCUT2D eigenvalue weighted by Crippen LogP contribution is -2.47. The molecule has 0 saturated carbocycles. The third kappa shape index (κ3) is 7.93. The van der Waals surface area contributed by atoms with E-state index in [2.05, 4.69) is 20.6 Å². The van der Waals surface area contributed by atoms with E-state index in [1.807, 2.05) is 42.5 Å². The van der Waals surface area contributed by atoms with Crippen LogP contribution in [0.25, 0.3) is 22.2 Å². The van der Waals surface area contributed by atoms with Gasteiger partial charge in [-0.3, -0.25) is 9.59 Å². The minimum absolute atomic E-state index is 0.343. The minimum atomic E-state index is -3.60. The van der Waals surface area contributed by atoms with E-state index >= 15 is 0 Å². The topological polar surface area (TPSA) is 152 Å². The summed E-state index contributed by atoms with van der Waals surface area (Å²) in [4.78, 5) is 33.5. The summed E-state index contributed by atoms with van der Waals surface area (Å²) in [6.07, 6.45) is 0. The van der Waals surface area contributed by atoms with E-state index in [0.717, 1.165) is 16.5 Å². The van der Waals surface area contributed by atoms with Gasteiger partial charge >= 0.3 is 0 Å². The van der Waals surface area contributed by atoms with Gasteiger partial charge in [0.25, 0.3) is 0 Å². The SMILES string of the molecule is CC(C)S(=O)(=O)C(C)(C)C(=O)Nc1ccc2ccccc2n1.CC(C)S(=O)(=O)C(C)(C)C(=O)Nc1nc(-c2ccc(Cl)cc2)cs1. The van der Waals surface area contributed by atoms with E-state index in [9.17, 15) is 26.4 Å². The van der Waals surface area contributed by atoms with Crippen molar-refractivity contribution in [2.24, 2.45) is 0 Å². The molecule has 10 nitrogen and oxygen atoms in total. The van der Waals surface area contributed by atoms with Crippen LogP contribution in [0.2, 0.25) is 5.02 Å². The van der Waals surface area contributed by atoms with Crippen molar-refractivity contribution in [3.63, 3.8) is 0 Å². The van der Waals surface area contributed by atoms with Crippen LogP contribution in [0.5, 0.6) is 0 Å². The zero-order chi connectivity index (χ0) is 34.7. The molecule has 46 heavy (non-hydrogen) atoms. The Morgan fingerprint density at radius 3 is 1.80 bits per heavy atom. The Bertz CT molecular complexity index is 1940. The van der Waals surface area contributed by atoms with Gasteiger partial charge in [0, 0.05) is 21.4 Å². The molecule has 2 aromatic heterocycles. The summed E-state index contributed by atoms with van der Waals surface area (Å²) >= 11 is 7.10. The average Bonchev–Trinajstić information content (AvgIpc) is 3.45. The zero-order valence-corrected chi connectivity index (χ0v) is 30.2. The number of pyridine rings is 1. The van der Waals surface area contributed by atoms with Crippen LogP contribution in [0.4, 0.5) is 10.9 Å². The average molecular weight is 707 g/mol. The predicted molar refractivity (Wildman–Crippen MR) is 188 cm³/mol. The first kappa shape index (κ1) is 37.1. The highest BCUT2D eigenvalue weighted by Gasteiger charge is 2.44. The van der Waals surface area contributed by atoms with Crippen LogP contribution in [0.1, 0.15) is 55.4 Å². The molecule has 2 heterocycles. The smallest absolute Gasteiger partial charge is 0.247 e. The second kappa shape index (κ2) is 14.2. The fourth-order valence-corrected chi connectivity index (χ4v) is 7.99. The molecule has 0 bridgehead atoms. The third-order valence-electron chi connectivity index (χ3n) is 7.46. The number of nitrogens with zero attached hydrogens (tertiary/aromatic N) is 2. The Hall–Kier alpha value is -3.39. The fraction of sp³-hybridized carbons (Fsp3) is 0.375. The molecule has 0 fully saturated rings. The number of carbonyl (C=O) groups excluding carboxylic acids is 2. The van der Waals surface area contributed by atoms with Crippen LogP contribution in [-0.2, 0) is 29.3 Å². The summed E-state index contributed by atoms with van der Waals surface area (Å²) in [5.41, 5.74) is 2.30. The first-order chi connectivity index (χ1) is 21.2. The molecule has 2 N–H and O–H groups in total. The highest BCUT2D eigenvalue weighted by Crippen LogP contribution is 2.29. The van der Waals surface area contributed by atoms with Gasteiger partial charge in [-0.15, -0.1) is 11.3 Å². The summed E-state index contributed by atoms with van der Waals surface area (Å²) < 4.78 is 46.3. The second-order valence-corrected chi connectivity index (χ2v) is 19.5. The van der Waals surface area contributed by atoms with Crippen molar-refractivity contribution < 1.29 is 26.4 Å². The van der Waals surface area contributed by atoms with Gasteiger partial charge in [-0.1, -0.05) is 41.9 Å². The summed E-state index contributed by atoms with van der Waals surface area (Å²) in [5.74, 6) is -0.826. The second-order valence-electron chi connectivity index (χ2n) is 12.1. The highest BCUT2D eigenvalue weighted by atomic mass is 35.5. The number of carbonyl (C=O) groups is 2. The fourth-order valence-electron chi connectivity index (χ4n) is 4.17. The first-order valence-electron chi connectivity index (χ1n) is 14.4. The number of nitrogens with one attached hydrogen (secondary N) is 2. The zero-order valence-electron chi connectivity index (χ0n) is 27.0. The lowest BCUT2D eigenvalue weighted by molar-refractivity contribution is -0.118. The van der Waals surface area contributed by atoms with Crippen molar-refractivity contribution in [3.05, 3.63) is 71.1 Å².